The van der Waals surface area contributed by atoms with Crippen LogP contribution in [0.25, 0.3) is 88.7 Å². The molecule has 690 valence electrons. The van der Waals surface area contributed by atoms with E-state index in [9.17, 15) is 0 Å². The molecule has 28 nitrogen and oxygen atoms in total. The molecule has 8 aromatic carbocycles. The van der Waals surface area contributed by atoms with Crippen LogP contribution in [-0.4, -0.2) is 158 Å². The van der Waals surface area contributed by atoms with Gasteiger partial charge >= 0.3 is 0 Å². The number of nitrogens with zero attached hydrogens (tertiary/aromatic N) is 15. The Bertz CT molecular complexity index is 7000. The first-order valence-corrected chi connectivity index (χ1v) is 46.6. The second-order valence-corrected chi connectivity index (χ2v) is 37.7. The molecule has 12 heterocycles. The largest absolute Gasteiger partial charge is 0.480 e. The van der Waals surface area contributed by atoms with Crippen molar-refractivity contribution in [2.75, 3.05) is 7.11 Å². The first kappa shape index (κ1) is 88.0. The van der Waals surface area contributed by atoms with Gasteiger partial charge in [0, 0.05) is 178 Å². The number of hydrogen-bond donors (Lipinski definition) is 6. The number of fused-ring (bicyclic) bond motifs is 8. The molecule has 0 unspecified atom stereocenters. The molecule has 0 fully saturated rings. The smallest absolute Gasteiger partial charge is 0.282 e. The van der Waals surface area contributed by atoms with Gasteiger partial charge in [0.15, 0.2) is 0 Å². The molecule has 6 aliphatic heterocycles. The highest BCUT2D eigenvalue weighted by Gasteiger charge is 2.54. The molecule has 0 saturated heterocycles. The van der Waals surface area contributed by atoms with Crippen molar-refractivity contribution in [3.63, 3.8) is 0 Å². The van der Waals surface area contributed by atoms with Crippen molar-refractivity contribution in [2.24, 2.45) is 64.4 Å². The van der Waals surface area contributed by atoms with Crippen LogP contribution < -0.4 is 39.1 Å². The SMILES string of the molecule is COc1cncc(-c2cccc3c2C[C@@]2(C3)N=C(N)O[C@@H]2C)n1.C[C@H]1OC(N)=N[C@@]12Cc1cccc(-c3cccc4cnccc34)c1C2.C[C@H]1OC(N)=N[C@@]12Cc1cccc(-c3cccnc3)c1C2.C[C@H]1OC(N)=N[C@@]12Cc1cccc(-c3cncc4ccccc34)c1C2.C[C@H]1OC(N)=N[C@@]12Cc1cccc(-c3cnccn3)c1C2.Cc1nccnc1-c1cccc2c1C[C@@]1(C2)N=C(N)O[C@@H]1C. The molecule has 28 heteroatoms. The summed E-state index contributed by atoms with van der Waals surface area (Å²) in [6.07, 6.45) is 33.6. The van der Waals surface area contributed by atoms with Crippen LogP contribution in [0.3, 0.4) is 0 Å². The fourth-order valence-electron chi connectivity index (χ4n) is 22.6. The summed E-state index contributed by atoms with van der Waals surface area (Å²) in [4.78, 5) is 66.9. The Balaban J connectivity index is 0.0000000983. The Morgan fingerprint density at radius 1 is 0.277 bits per heavy atom. The maximum absolute atomic E-state index is 5.86. The third kappa shape index (κ3) is 16.1. The highest BCUT2D eigenvalue weighted by atomic mass is 16.5. The van der Waals surface area contributed by atoms with Crippen LogP contribution in [-0.2, 0) is 105 Å². The zero-order valence-corrected chi connectivity index (χ0v) is 77.7. The molecule has 0 saturated carbocycles. The van der Waals surface area contributed by atoms with Crippen LogP contribution in [0.2, 0.25) is 0 Å². The van der Waals surface area contributed by atoms with Gasteiger partial charge in [-0.3, -0.25) is 39.9 Å². The van der Waals surface area contributed by atoms with Crippen molar-refractivity contribution < 1.29 is 33.2 Å². The van der Waals surface area contributed by atoms with E-state index in [0.717, 1.165) is 133 Å². The predicted octanol–water partition coefficient (Wildman–Crippen LogP) is 14.7. The molecule has 12 N–H and O–H groups in total. The minimum absolute atomic E-state index is 0.000363. The number of aliphatic imine (C=N–C) groups is 6. The summed E-state index contributed by atoms with van der Waals surface area (Å²) in [5.74, 6) is 0.507. The van der Waals surface area contributed by atoms with Gasteiger partial charge in [-0.25, -0.2) is 34.9 Å². The lowest BCUT2D eigenvalue weighted by Gasteiger charge is -2.23. The molecular weight excluding hydrogens is 1720 g/mol. The molecule has 6 aliphatic carbocycles. The summed E-state index contributed by atoms with van der Waals surface area (Å²) in [7, 11) is 1.59. The number of methoxy groups -OCH3 is 1. The Morgan fingerprint density at radius 2 is 0.628 bits per heavy atom. The lowest BCUT2D eigenvalue weighted by molar-refractivity contribution is 0.157. The quantitative estimate of drug-likeness (QED) is 0.0863. The highest BCUT2D eigenvalue weighted by molar-refractivity contribution is 5.99. The van der Waals surface area contributed by atoms with Gasteiger partial charge < -0.3 is 67.6 Å². The third-order valence-corrected chi connectivity index (χ3v) is 29.8. The van der Waals surface area contributed by atoms with Gasteiger partial charge in [-0.15, -0.1) is 0 Å². The van der Waals surface area contributed by atoms with Crippen molar-refractivity contribution in [1.82, 2.24) is 44.9 Å². The molecular formula is C109H107N21O7. The van der Waals surface area contributed by atoms with Gasteiger partial charge in [0.1, 0.15) is 69.9 Å². The Kier molecular flexibility index (Phi) is 22.5. The lowest BCUT2D eigenvalue weighted by atomic mass is 9.89. The summed E-state index contributed by atoms with van der Waals surface area (Å²) in [6.45, 7) is 14.3. The minimum Gasteiger partial charge on any atom is -0.480 e. The first-order chi connectivity index (χ1) is 66.4. The average molecular weight is 1820 g/mol. The van der Waals surface area contributed by atoms with E-state index in [0.29, 0.717) is 36.0 Å². The van der Waals surface area contributed by atoms with E-state index in [1.54, 1.807) is 56.7 Å². The van der Waals surface area contributed by atoms with Crippen LogP contribution in [0, 0.1) is 6.92 Å². The lowest BCUT2D eigenvalue weighted by Crippen LogP contribution is -2.36. The number of amidine groups is 6. The van der Waals surface area contributed by atoms with Crippen LogP contribution in [0.15, 0.2) is 280 Å². The van der Waals surface area contributed by atoms with Gasteiger partial charge in [-0.2, -0.15) is 0 Å². The molecule has 0 bridgehead atoms. The number of nitrogens with two attached hydrogens (primary N) is 6. The van der Waals surface area contributed by atoms with E-state index in [2.05, 4.69) is 247 Å². The van der Waals surface area contributed by atoms with E-state index >= 15 is 0 Å². The minimum atomic E-state index is -0.297. The predicted molar refractivity (Wildman–Crippen MR) is 532 cm³/mol. The average Bonchev–Trinajstić information content (AvgIpc) is 1.93. The molecule has 14 aromatic rings. The van der Waals surface area contributed by atoms with Crippen LogP contribution in [0.5, 0.6) is 5.88 Å². The van der Waals surface area contributed by atoms with Gasteiger partial charge in [0.2, 0.25) is 5.88 Å². The van der Waals surface area contributed by atoms with Gasteiger partial charge in [-0.05, 0) is 160 Å². The molecule has 26 rings (SSSR count). The molecule has 6 spiro atoms. The monoisotopic (exact) mass is 1820 g/mol. The third-order valence-electron chi connectivity index (χ3n) is 29.8. The Labute approximate surface area is 793 Å². The number of aryl methyl sites for hydroxylation is 1. The van der Waals surface area contributed by atoms with E-state index in [-0.39, 0.29) is 75.9 Å². The normalized spacial score (nSPS) is 25.4. The van der Waals surface area contributed by atoms with Crippen molar-refractivity contribution in [3.8, 4) is 73.0 Å². The molecule has 137 heavy (non-hydrogen) atoms. The Morgan fingerprint density at radius 3 is 1.07 bits per heavy atom. The molecule has 6 aromatic heterocycles. The fraction of sp³-hybridized carbons (Fsp3) is 0.294. The van der Waals surface area contributed by atoms with Crippen LogP contribution >= 0.6 is 0 Å². The van der Waals surface area contributed by atoms with Crippen molar-refractivity contribution in [2.45, 2.75) is 195 Å². The zero-order valence-electron chi connectivity index (χ0n) is 77.7. The summed E-state index contributed by atoms with van der Waals surface area (Å²) >= 11 is 0. The van der Waals surface area contributed by atoms with Crippen LogP contribution in [0.1, 0.15) is 114 Å². The van der Waals surface area contributed by atoms with Crippen molar-refractivity contribution >= 4 is 57.7 Å². The van der Waals surface area contributed by atoms with E-state index in [4.69, 9.17) is 67.6 Å². The number of ether oxygens (including phenoxy) is 7. The highest BCUT2D eigenvalue weighted by Crippen LogP contribution is 2.51. The number of pyridine rings is 3. The molecule has 0 radical (unpaired) electrons. The topological polar surface area (TPSA) is 411 Å². The summed E-state index contributed by atoms with van der Waals surface area (Å²) < 4.78 is 38.9. The van der Waals surface area contributed by atoms with Gasteiger partial charge in [0.05, 0.1) is 48.5 Å². The number of benzene rings is 8. The first-order valence-electron chi connectivity index (χ1n) is 46.6. The number of aromatic nitrogens is 9. The standard InChI is InChI=1S/2C21H19N3O.C17H18N4O2.C17H18N4O.C17H17N3O.C16H16N4O/c1-13-21(24-20(22)25-13)10-14-4-2-7-18(19(14)11-21)17-6-3-5-15-12-23-9-8-16(15)17;1-13-21(24-20(22)25-13)9-14-6-4-8-17(18(14)10-21)19-12-23-11-15-5-2-3-7-16(15)19;1-10-17(21-16(18)23-10)6-11-4-3-5-12(13(11)7-17)14-8-19-9-15(20-14)22-2;1-10-15(20-7-6-19-10)13-5-3-4-12-8-17(9-14(12)13)11(2)22-16(18)21-17;1-11-17(20-16(18)21-11)8-12-4-2-6-14(15(12)9-17)13-5-3-7-19-10-13;1-10-16(20-15(17)21-10)7-11-3-2-4-12(13(11)8-16)14-9-18-5-6-19-14/h2-9,12-13H,10-11H2,1H3,(H2,22,24);2-8,11-13H,9-10H2,1H3,(H2,22,24);3-5,8-10H,6-7H2,1-2H3,(H2,18,21);3-7,11H,8-9H2,1-2H3,(H2,18,21);2-7,10-11H,8-9H2,1H3,(H2,18,20);2-6,9-10H,7-8H2,1H3,(H2,17,20)/t2*13-,21-;10-,17-;2*11-,17-;10-,16-/m111111/s1. The fourth-order valence-corrected chi connectivity index (χ4v) is 22.6. The van der Waals surface area contributed by atoms with E-state index < -0.39 is 0 Å². The Hall–Kier alpha value is -15.6. The number of rotatable bonds is 7. The molecule has 0 amide bonds. The van der Waals surface area contributed by atoms with Gasteiger partial charge in [-0.1, -0.05) is 158 Å². The zero-order chi connectivity index (χ0) is 94.3. The van der Waals surface area contributed by atoms with Crippen LogP contribution in [0.4, 0.5) is 0 Å². The second kappa shape index (κ2) is 35.0. The maximum atomic E-state index is 5.86. The van der Waals surface area contributed by atoms with Gasteiger partial charge in [0.25, 0.3) is 36.1 Å². The summed E-state index contributed by atoms with van der Waals surface area (Å²) in [5.41, 5.74) is 63.3. The summed E-state index contributed by atoms with van der Waals surface area (Å²) in [6, 6.07) is 61.2. The van der Waals surface area contributed by atoms with Crippen molar-refractivity contribution in [1.29, 1.82) is 0 Å². The van der Waals surface area contributed by atoms with Crippen molar-refractivity contribution in [3.05, 3.63) is 323 Å². The molecule has 12 aliphatic rings. The second-order valence-electron chi connectivity index (χ2n) is 37.7. The van der Waals surface area contributed by atoms with E-state index in [1.165, 1.54) is 105 Å². The van der Waals surface area contributed by atoms with E-state index in [1.807, 2.05) is 76.9 Å². The summed E-state index contributed by atoms with van der Waals surface area (Å²) in [5, 5.41) is 4.77. The molecule has 12 atom stereocenters. The maximum Gasteiger partial charge on any atom is 0.282 e. The number of hydrogen-bond acceptors (Lipinski definition) is 28.